The highest BCUT2D eigenvalue weighted by molar-refractivity contribution is 7.89. The molecule has 3 rings (SSSR count). The van der Waals surface area contributed by atoms with Crippen LogP contribution in [-0.2, 0) is 24.3 Å². The molecular weight excluding hydrogens is 378 g/mol. The van der Waals surface area contributed by atoms with Gasteiger partial charge in [-0.3, -0.25) is 9.59 Å². The van der Waals surface area contributed by atoms with Crippen molar-refractivity contribution in [2.75, 3.05) is 50.7 Å². The molecule has 2 N–H and O–H groups in total. The van der Waals surface area contributed by atoms with Crippen LogP contribution in [0.4, 0.5) is 5.69 Å². The average Bonchev–Trinajstić information content (AvgIpc) is 3.13. The Bertz CT molecular complexity index is 806. The van der Waals surface area contributed by atoms with Crippen LogP contribution in [0.2, 0.25) is 0 Å². The standard InChI is InChI=1S/C16H21N3O7S/c20-15(3-8-27(22,23)19-4-6-24-7-5-19)17-10-16(21)18-12-1-2-13-14(9-12)26-11-25-13/h1-2,9H,3-8,10-11H2,(H,17,20)(H,18,21). The van der Waals surface area contributed by atoms with Crippen molar-refractivity contribution in [1.29, 1.82) is 0 Å². The van der Waals surface area contributed by atoms with Crippen LogP contribution in [-0.4, -0.2) is 69.9 Å². The lowest BCUT2D eigenvalue weighted by atomic mass is 10.3. The van der Waals surface area contributed by atoms with Crippen molar-refractivity contribution in [3.8, 4) is 11.5 Å². The minimum atomic E-state index is -3.51. The largest absolute Gasteiger partial charge is 0.454 e. The minimum absolute atomic E-state index is 0.135. The number of nitrogens with one attached hydrogen (secondary N) is 2. The minimum Gasteiger partial charge on any atom is -0.454 e. The van der Waals surface area contributed by atoms with Crippen molar-refractivity contribution in [2.45, 2.75) is 6.42 Å². The lowest BCUT2D eigenvalue weighted by Crippen LogP contribution is -2.42. The number of anilines is 1. The third-order valence-corrected chi connectivity index (χ3v) is 5.92. The zero-order valence-electron chi connectivity index (χ0n) is 14.6. The summed E-state index contributed by atoms with van der Waals surface area (Å²) >= 11 is 0. The van der Waals surface area contributed by atoms with Gasteiger partial charge in [-0.05, 0) is 12.1 Å². The highest BCUT2D eigenvalue weighted by Gasteiger charge is 2.25. The van der Waals surface area contributed by atoms with Crippen LogP contribution in [0.15, 0.2) is 18.2 Å². The Hall–Kier alpha value is -2.37. The summed E-state index contributed by atoms with van der Waals surface area (Å²) in [5, 5.41) is 5.04. The maximum Gasteiger partial charge on any atom is 0.243 e. The van der Waals surface area contributed by atoms with Crippen molar-refractivity contribution in [3.05, 3.63) is 18.2 Å². The zero-order valence-corrected chi connectivity index (χ0v) is 15.4. The fourth-order valence-electron chi connectivity index (χ4n) is 2.62. The van der Waals surface area contributed by atoms with E-state index in [-0.39, 0.29) is 25.5 Å². The fourth-order valence-corrected chi connectivity index (χ4v) is 4.03. The molecule has 27 heavy (non-hydrogen) atoms. The molecule has 0 spiro atoms. The first-order chi connectivity index (χ1) is 12.9. The SMILES string of the molecule is O=C(CCS(=O)(=O)N1CCOCC1)NCC(=O)Nc1ccc2c(c1)OCO2. The van der Waals surface area contributed by atoms with Crippen LogP contribution < -0.4 is 20.1 Å². The molecule has 0 aliphatic carbocycles. The van der Waals surface area contributed by atoms with E-state index >= 15 is 0 Å². The molecule has 0 unspecified atom stereocenters. The molecule has 11 heteroatoms. The van der Waals surface area contributed by atoms with Crippen LogP contribution in [0, 0.1) is 0 Å². The first-order valence-electron chi connectivity index (χ1n) is 8.46. The van der Waals surface area contributed by atoms with E-state index in [1.54, 1.807) is 18.2 Å². The Kier molecular flexibility index (Phi) is 6.14. The fraction of sp³-hybridized carbons (Fsp3) is 0.500. The number of ether oxygens (including phenoxy) is 3. The molecule has 0 aromatic heterocycles. The monoisotopic (exact) mass is 399 g/mol. The second-order valence-electron chi connectivity index (χ2n) is 5.97. The third kappa shape index (κ3) is 5.31. The van der Waals surface area contributed by atoms with Crippen LogP contribution in [0.3, 0.4) is 0 Å². The molecule has 0 atom stereocenters. The molecule has 2 aliphatic heterocycles. The number of fused-ring (bicyclic) bond motifs is 1. The molecule has 2 aliphatic rings. The number of morpholine rings is 1. The molecule has 1 aromatic rings. The van der Waals surface area contributed by atoms with E-state index in [4.69, 9.17) is 14.2 Å². The van der Waals surface area contributed by atoms with E-state index in [0.717, 1.165) is 0 Å². The second kappa shape index (κ2) is 8.55. The Labute approximate surface area is 156 Å². The third-order valence-electron chi connectivity index (χ3n) is 4.05. The van der Waals surface area contributed by atoms with E-state index in [0.29, 0.717) is 43.5 Å². The number of benzene rings is 1. The highest BCUT2D eigenvalue weighted by atomic mass is 32.2. The second-order valence-corrected chi connectivity index (χ2v) is 8.06. The maximum atomic E-state index is 12.2. The summed E-state index contributed by atoms with van der Waals surface area (Å²) in [5.74, 6) is -0.110. The maximum absolute atomic E-state index is 12.2. The molecule has 0 bridgehead atoms. The van der Waals surface area contributed by atoms with Crippen LogP contribution >= 0.6 is 0 Å². The van der Waals surface area contributed by atoms with Gasteiger partial charge in [-0.1, -0.05) is 0 Å². The number of hydrogen-bond donors (Lipinski definition) is 2. The highest BCUT2D eigenvalue weighted by Crippen LogP contribution is 2.34. The lowest BCUT2D eigenvalue weighted by molar-refractivity contribution is -0.123. The van der Waals surface area contributed by atoms with Crippen molar-refractivity contribution >= 4 is 27.5 Å². The quantitative estimate of drug-likeness (QED) is 0.635. The molecule has 148 valence electrons. The number of amides is 2. The summed E-state index contributed by atoms with van der Waals surface area (Å²) in [6.07, 6.45) is -0.211. The van der Waals surface area contributed by atoms with E-state index < -0.39 is 21.8 Å². The van der Waals surface area contributed by atoms with Crippen LogP contribution in [0.5, 0.6) is 11.5 Å². The van der Waals surface area contributed by atoms with Gasteiger partial charge < -0.3 is 24.8 Å². The molecule has 0 saturated carbocycles. The number of sulfonamides is 1. The molecule has 10 nitrogen and oxygen atoms in total. The summed E-state index contributed by atoms with van der Waals surface area (Å²) in [7, 11) is -3.51. The predicted molar refractivity (Wildman–Crippen MR) is 95.0 cm³/mol. The summed E-state index contributed by atoms with van der Waals surface area (Å²) in [5.41, 5.74) is 0.508. The van der Waals surface area contributed by atoms with Crippen molar-refractivity contribution < 1.29 is 32.2 Å². The van der Waals surface area contributed by atoms with E-state index in [2.05, 4.69) is 10.6 Å². The smallest absolute Gasteiger partial charge is 0.243 e. The lowest BCUT2D eigenvalue weighted by Gasteiger charge is -2.25. The van der Waals surface area contributed by atoms with E-state index in [9.17, 15) is 18.0 Å². The molecule has 2 amide bonds. The molecular formula is C16H21N3O7S. The number of rotatable bonds is 7. The number of nitrogens with zero attached hydrogens (tertiary/aromatic N) is 1. The van der Waals surface area contributed by atoms with Crippen molar-refractivity contribution in [3.63, 3.8) is 0 Å². The van der Waals surface area contributed by atoms with Gasteiger partial charge in [0.25, 0.3) is 0 Å². The Morgan fingerprint density at radius 3 is 2.59 bits per heavy atom. The molecule has 1 fully saturated rings. The number of carbonyl (C=O) groups is 2. The predicted octanol–water partition coefficient (Wildman–Crippen LogP) is -0.478. The summed E-state index contributed by atoms with van der Waals surface area (Å²) in [6.45, 7) is 1.17. The molecule has 2 heterocycles. The summed E-state index contributed by atoms with van der Waals surface area (Å²) in [4.78, 5) is 23.8. The first kappa shape index (κ1) is 19.4. The van der Waals surface area contributed by atoms with Gasteiger partial charge in [0.05, 0.1) is 25.5 Å². The Balaban J connectivity index is 1.40. The Morgan fingerprint density at radius 1 is 1.07 bits per heavy atom. The summed E-state index contributed by atoms with van der Waals surface area (Å²) in [6, 6.07) is 4.95. The normalized spacial score (nSPS) is 16.7. The van der Waals surface area contributed by atoms with E-state index in [1.165, 1.54) is 4.31 Å². The van der Waals surface area contributed by atoms with Gasteiger partial charge in [-0.15, -0.1) is 0 Å². The van der Waals surface area contributed by atoms with Gasteiger partial charge in [-0.25, -0.2) is 8.42 Å². The van der Waals surface area contributed by atoms with Gasteiger partial charge in [0.15, 0.2) is 11.5 Å². The van der Waals surface area contributed by atoms with E-state index in [1.807, 2.05) is 0 Å². The summed E-state index contributed by atoms with van der Waals surface area (Å²) < 4.78 is 41.1. The van der Waals surface area contributed by atoms with Crippen molar-refractivity contribution in [2.24, 2.45) is 0 Å². The first-order valence-corrected chi connectivity index (χ1v) is 10.1. The van der Waals surface area contributed by atoms with Gasteiger partial charge in [0.1, 0.15) is 0 Å². The van der Waals surface area contributed by atoms with Crippen LogP contribution in [0.25, 0.3) is 0 Å². The van der Waals surface area contributed by atoms with Crippen molar-refractivity contribution in [1.82, 2.24) is 9.62 Å². The van der Waals surface area contributed by atoms with Gasteiger partial charge in [-0.2, -0.15) is 4.31 Å². The molecule has 1 saturated heterocycles. The Morgan fingerprint density at radius 2 is 1.81 bits per heavy atom. The number of hydrogen-bond acceptors (Lipinski definition) is 7. The van der Waals surface area contributed by atoms with Gasteiger partial charge in [0.2, 0.25) is 28.6 Å². The van der Waals surface area contributed by atoms with Crippen LogP contribution in [0.1, 0.15) is 6.42 Å². The zero-order chi connectivity index (χ0) is 19.3. The topological polar surface area (TPSA) is 123 Å². The van der Waals surface area contributed by atoms with Gasteiger partial charge in [0, 0.05) is 31.3 Å². The molecule has 1 aromatic carbocycles. The molecule has 0 radical (unpaired) electrons. The number of carbonyl (C=O) groups excluding carboxylic acids is 2. The van der Waals surface area contributed by atoms with Gasteiger partial charge >= 0.3 is 0 Å². The average molecular weight is 399 g/mol.